The quantitative estimate of drug-likeness (QED) is 0.787. The highest BCUT2D eigenvalue weighted by Gasteiger charge is 2.25. The molecule has 0 spiro atoms. The number of benzene rings is 1. The number of ether oxygens (including phenoxy) is 1. The van der Waals surface area contributed by atoms with Gasteiger partial charge in [-0.25, -0.2) is 4.79 Å². The van der Waals surface area contributed by atoms with Gasteiger partial charge in [0.1, 0.15) is 12.8 Å². The van der Waals surface area contributed by atoms with E-state index in [9.17, 15) is 9.90 Å². The van der Waals surface area contributed by atoms with E-state index in [1.165, 1.54) is 4.90 Å². The van der Waals surface area contributed by atoms with Gasteiger partial charge in [0.25, 0.3) is 0 Å². The fourth-order valence-electron chi connectivity index (χ4n) is 1.71. The Morgan fingerprint density at radius 3 is 2.94 bits per heavy atom. The lowest BCUT2D eigenvalue weighted by atomic mass is 10.2. The molecule has 0 radical (unpaired) electrons. The zero-order chi connectivity index (χ0) is 12.1. The second kappa shape index (κ2) is 5.65. The third-order valence-corrected chi connectivity index (χ3v) is 2.66. The zero-order valence-electron chi connectivity index (χ0n) is 9.50. The first-order valence-electron chi connectivity index (χ1n) is 5.63. The number of hydrogen-bond acceptors (Lipinski definition) is 4. The summed E-state index contributed by atoms with van der Waals surface area (Å²) in [4.78, 5) is 13.0. The van der Waals surface area contributed by atoms with Crippen molar-refractivity contribution >= 4 is 6.09 Å². The summed E-state index contributed by atoms with van der Waals surface area (Å²) in [7, 11) is 0. The van der Waals surface area contributed by atoms with Crippen LogP contribution in [0.3, 0.4) is 0 Å². The fraction of sp³-hybridized carbons (Fsp3) is 0.417. The first-order valence-corrected chi connectivity index (χ1v) is 5.63. The number of carbonyl (C=O) groups is 1. The zero-order valence-corrected chi connectivity index (χ0v) is 9.50. The second-order valence-electron chi connectivity index (χ2n) is 3.92. The molecule has 92 valence electrons. The van der Waals surface area contributed by atoms with Crippen LogP contribution in [0.4, 0.5) is 4.79 Å². The molecule has 5 nitrogen and oxygen atoms in total. The average molecular weight is 236 g/mol. The first-order chi connectivity index (χ1) is 8.27. The SMILES string of the molecule is O=C(OCc1ccccc1)N1CCNCC1O. The monoisotopic (exact) mass is 236 g/mol. The van der Waals surface area contributed by atoms with Gasteiger partial charge >= 0.3 is 6.09 Å². The predicted molar refractivity (Wildman–Crippen MR) is 62.2 cm³/mol. The highest BCUT2D eigenvalue weighted by molar-refractivity contribution is 5.68. The summed E-state index contributed by atoms with van der Waals surface area (Å²) in [5.74, 6) is 0. The topological polar surface area (TPSA) is 61.8 Å². The molecule has 1 aliphatic heterocycles. The number of rotatable bonds is 2. The van der Waals surface area contributed by atoms with Crippen LogP contribution in [0.2, 0.25) is 0 Å². The van der Waals surface area contributed by atoms with E-state index in [2.05, 4.69) is 5.32 Å². The van der Waals surface area contributed by atoms with E-state index in [1.807, 2.05) is 30.3 Å². The largest absolute Gasteiger partial charge is 0.444 e. The maximum absolute atomic E-state index is 11.7. The van der Waals surface area contributed by atoms with Crippen LogP contribution >= 0.6 is 0 Å². The molecule has 0 bridgehead atoms. The van der Waals surface area contributed by atoms with Gasteiger partial charge in [-0.3, -0.25) is 4.90 Å². The van der Waals surface area contributed by atoms with Gasteiger partial charge in [0, 0.05) is 19.6 Å². The van der Waals surface area contributed by atoms with Gasteiger partial charge in [0.15, 0.2) is 0 Å². The average Bonchev–Trinajstić information content (AvgIpc) is 2.38. The predicted octanol–water partition coefficient (Wildman–Crippen LogP) is 0.547. The third kappa shape index (κ3) is 3.18. The van der Waals surface area contributed by atoms with Crippen molar-refractivity contribution in [2.24, 2.45) is 0 Å². The molecule has 2 rings (SSSR count). The molecule has 0 saturated carbocycles. The Bertz CT molecular complexity index is 369. The summed E-state index contributed by atoms with van der Waals surface area (Å²) >= 11 is 0. The molecule has 0 aromatic heterocycles. The summed E-state index contributed by atoms with van der Waals surface area (Å²) in [6.07, 6.45) is -1.27. The lowest BCUT2D eigenvalue weighted by Gasteiger charge is -2.31. The Morgan fingerprint density at radius 1 is 1.47 bits per heavy atom. The Balaban J connectivity index is 1.84. The third-order valence-electron chi connectivity index (χ3n) is 2.66. The van der Waals surface area contributed by atoms with E-state index >= 15 is 0 Å². The van der Waals surface area contributed by atoms with Crippen molar-refractivity contribution < 1.29 is 14.6 Å². The number of β-amino-alcohol motifs (C(OH)–C–C–N with tert-alkyl or cyclic N) is 1. The summed E-state index contributed by atoms with van der Waals surface area (Å²) < 4.78 is 5.14. The van der Waals surface area contributed by atoms with Gasteiger partial charge < -0.3 is 15.2 Å². The smallest absolute Gasteiger partial charge is 0.412 e. The normalized spacial score (nSPS) is 20.1. The Kier molecular flexibility index (Phi) is 3.95. The van der Waals surface area contributed by atoms with Crippen LogP contribution in [-0.2, 0) is 11.3 Å². The van der Waals surface area contributed by atoms with E-state index in [0.717, 1.165) is 5.56 Å². The molecule has 1 amide bonds. The van der Waals surface area contributed by atoms with Gasteiger partial charge in [0.05, 0.1) is 0 Å². The highest BCUT2D eigenvalue weighted by Crippen LogP contribution is 2.06. The van der Waals surface area contributed by atoms with Crippen LogP contribution in [0.5, 0.6) is 0 Å². The molecule has 2 N–H and O–H groups in total. The summed E-state index contributed by atoms with van der Waals surface area (Å²) in [6, 6.07) is 9.47. The van der Waals surface area contributed by atoms with Gasteiger partial charge in [0.2, 0.25) is 0 Å². The molecule has 1 unspecified atom stereocenters. The van der Waals surface area contributed by atoms with Crippen LogP contribution in [0.25, 0.3) is 0 Å². The molecule has 5 heteroatoms. The fourth-order valence-corrected chi connectivity index (χ4v) is 1.71. The lowest BCUT2D eigenvalue weighted by molar-refractivity contribution is -0.0149. The molecule has 1 aliphatic rings. The van der Waals surface area contributed by atoms with E-state index < -0.39 is 12.3 Å². The number of aliphatic hydroxyl groups is 1. The van der Waals surface area contributed by atoms with E-state index in [-0.39, 0.29) is 6.61 Å². The summed E-state index contributed by atoms with van der Waals surface area (Å²) in [5, 5.41) is 12.6. The minimum absolute atomic E-state index is 0.232. The summed E-state index contributed by atoms with van der Waals surface area (Å²) in [5.41, 5.74) is 0.936. The maximum atomic E-state index is 11.7. The van der Waals surface area contributed by atoms with Crippen LogP contribution < -0.4 is 5.32 Å². The molecule has 17 heavy (non-hydrogen) atoms. The van der Waals surface area contributed by atoms with Crippen molar-refractivity contribution in [1.29, 1.82) is 0 Å². The van der Waals surface area contributed by atoms with Crippen molar-refractivity contribution in [2.75, 3.05) is 19.6 Å². The van der Waals surface area contributed by atoms with E-state index in [0.29, 0.717) is 19.6 Å². The standard InChI is InChI=1S/C12H16N2O3/c15-11-8-13-6-7-14(11)12(16)17-9-10-4-2-1-3-5-10/h1-5,11,13,15H,6-9H2. The minimum Gasteiger partial charge on any atom is -0.444 e. The van der Waals surface area contributed by atoms with Gasteiger partial charge in [-0.15, -0.1) is 0 Å². The molecular formula is C12H16N2O3. The molecule has 1 fully saturated rings. The molecule has 1 heterocycles. The van der Waals surface area contributed by atoms with Crippen LogP contribution in [-0.4, -0.2) is 42.0 Å². The van der Waals surface area contributed by atoms with Crippen molar-refractivity contribution in [3.63, 3.8) is 0 Å². The molecule has 1 atom stereocenters. The van der Waals surface area contributed by atoms with Crippen molar-refractivity contribution in [3.05, 3.63) is 35.9 Å². The summed E-state index contributed by atoms with van der Waals surface area (Å²) in [6.45, 7) is 1.77. The van der Waals surface area contributed by atoms with Gasteiger partial charge in [-0.2, -0.15) is 0 Å². The number of carbonyl (C=O) groups excluding carboxylic acids is 1. The molecule has 0 aliphatic carbocycles. The number of aliphatic hydroxyl groups excluding tert-OH is 1. The Hall–Kier alpha value is -1.59. The molecule has 1 aromatic rings. The van der Waals surface area contributed by atoms with E-state index in [4.69, 9.17) is 4.74 Å². The Morgan fingerprint density at radius 2 is 2.24 bits per heavy atom. The van der Waals surface area contributed by atoms with Gasteiger partial charge in [-0.05, 0) is 5.56 Å². The highest BCUT2D eigenvalue weighted by atomic mass is 16.6. The first kappa shape index (κ1) is 11.9. The molecular weight excluding hydrogens is 220 g/mol. The molecule has 1 saturated heterocycles. The number of nitrogens with one attached hydrogen (secondary N) is 1. The van der Waals surface area contributed by atoms with Gasteiger partial charge in [-0.1, -0.05) is 30.3 Å². The minimum atomic E-state index is -0.799. The molecule has 1 aromatic carbocycles. The van der Waals surface area contributed by atoms with Crippen LogP contribution in [0, 0.1) is 0 Å². The number of piperazine rings is 1. The van der Waals surface area contributed by atoms with Crippen molar-refractivity contribution in [1.82, 2.24) is 10.2 Å². The maximum Gasteiger partial charge on any atom is 0.412 e. The Labute approximate surface area is 100.0 Å². The van der Waals surface area contributed by atoms with Crippen molar-refractivity contribution in [2.45, 2.75) is 12.8 Å². The van der Waals surface area contributed by atoms with Crippen LogP contribution in [0.15, 0.2) is 30.3 Å². The number of nitrogens with zero attached hydrogens (tertiary/aromatic N) is 1. The van der Waals surface area contributed by atoms with Crippen LogP contribution in [0.1, 0.15) is 5.56 Å². The lowest BCUT2D eigenvalue weighted by Crippen LogP contribution is -2.53. The number of amides is 1. The van der Waals surface area contributed by atoms with E-state index in [1.54, 1.807) is 0 Å². The second-order valence-corrected chi connectivity index (χ2v) is 3.92. The van der Waals surface area contributed by atoms with Crippen molar-refractivity contribution in [3.8, 4) is 0 Å². The number of hydrogen-bond donors (Lipinski definition) is 2.